The van der Waals surface area contributed by atoms with Crippen LogP contribution >= 0.6 is 0 Å². The lowest BCUT2D eigenvalue weighted by atomic mass is 9.81. The van der Waals surface area contributed by atoms with Crippen molar-refractivity contribution in [1.29, 1.82) is 0 Å². The van der Waals surface area contributed by atoms with Gasteiger partial charge < -0.3 is 19.3 Å². The minimum absolute atomic E-state index is 0.0681. The Balaban J connectivity index is 1.68. The van der Waals surface area contributed by atoms with E-state index >= 15 is 0 Å². The normalized spacial score (nSPS) is 19.7. The molecule has 0 saturated heterocycles. The monoisotopic (exact) mass is 477 g/mol. The maximum absolute atomic E-state index is 14.9. The molecule has 1 N–H and O–H groups in total. The predicted molar refractivity (Wildman–Crippen MR) is 125 cm³/mol. The molecular formula is C26H24FN3O5. The average Bonchev–Trinajstić information content (AvgIpc) is 3.20. The van der Waals surface area contributed by atoms with Gasteiger partial charge in [0.05, 0.1) is 41.0 Å². The number of cyclic esters (lactones) is 1. The second-order valence-corrected chi connectivity index (χ2v) is 9.58. The summed E-state index contributed by atoms with van der Waals surface area (Å²) in [7, 11) is 1.54. The van der Waals surface area contributed by atoms with Crippen molar-refractivity contribution >= 4 is 23.0 Å². The van der Waals surface area contributed by atoms with Gasteiger partial charge in [0.1, 0.15) is 12.4 Å². The summed E-state index contributed by atoms with van der Waals surface area (Å²) in [5, 5.41) is 10.6. The lowest BCUT2D eigenvalue weighted by molar-refractivity contribution is -0.148. The molecule has 0 saturated carbocycles. The van der Waals surface area contributed by atoms with Crippen LogP contribution in [0.4, 0.5) is 9.18 Å². The summed E-state index contributed by atoms with van der Waals surface area (Å²) in [5.74, 6) is -1.24. The van der Waals surface area contributed by atoms with Gasteiger partial charge in [0, 0.05) is 24.1 Å². The van der Waals surface area contributed by atoms with Crippen molar-refractivity contribution < 1.29 is 23.8 Å². The zero-order valence-corrected chi connectivity index (χ0v) is 19.6. The van der Waals surface area contributed by atoms with Crippen LogP contribution < -0.4 is 5.56 Å². The van der Waals surface area contributed by atoms with Gasteiger partial charge >= 0.3 is 12.1 Å². The quantitative estimate of drug-likeness (QED) is 0.438. The molecule has 35 heavy (non-hydrogen) atoms. The fraction of sp³-hybridized carbons (Fsp3) is 0.385. The van der Waals surface area contributed by atoms with Crippen molar-refractivity contribution in [2.45, 2.75) is 58.2 Å². The molecule has 2 unspecified atom stereocenters. The highest BCUT2D eigenvalue weighted by Crippen LogP contribution is 2.46. The molecule has 1 aromatic carbocycles. The largest absolute Gasteiger partial charge is 0.465 e. The number of pyridine rings is 2. The van der Waals surface area contributed by atoms with Gasteiger partial charge in [-0.05, 0) is 54.5 Å². The Bertz CT molecular complexity index is 1540. The maximum atomic E-state index is 14.9. The summed E-state index contributed by atoms with van der Waals surface area (Å²) in [5.41, 5.74) is 5.40. The molecule has 2 atom stereocenters. The number of carbonyl (C=O) groups excluding carboxylic acids is 1. The smallest absolute Gasteiger partial charge is 0.407 e. The van der Waals surface area contributed by atoms with Crippen molar-refractivity contribution in [2.75, 3.05) is 7.05 Å². The molecule has 2 aliphatic heterocycles. The summed E-state index contributed by atoms with van der Waals surface area (Å²) in [6.45, 7) is 3.77. The third kappa shape index (κ3) is 2.84. The molecule has 4 heterocycles. The highest BCUT2D eigenvalue weighted by molar-refractivity contribution is 5.93. The van der Waals surface area contributed by atoms with E-state index in [9.17, 15) is 23.9 Å². The first-order valence-electron chi connectivity index (χ1n) is 11.8. The number of carboxylic acid groups (broad SMARTS) is 1. The van der Waals surface area contributed by atoms with Crippen molar-refractivity contribution in [3.05, 3.63) is 61.7 Å². The third-order valence-electron chi connectivity index (χ3n) is 7.94. The van der Waals surface area contributed by atoms with Crippen molar-refractivity contribution in [3.8, 4) is 11.4 Å². The fourth-order valence-corrected chi connectivity index (χ4v) is 6.07. The molecule has 3 aliphatic rings. The van der Waals surface area contributed by atoms with E-state index in [1.54, 1.807) is 11.5 Å². The van der Waals surface area contributed by atoms with Gasteiger partial charge in [-0.25, -0.2) is 14.2 Å². The number of fused-ring (bicyclic) bond motifs is 5. The van der Waals surface area contributed by atoms with Crippen molar-refractivity contribution in [2.24, 2.45) is 0 Å². The van der Waals surface area contributed by atoms with Crippen LogP contribution in [0.5, 0.6) is 0 Å². The number of aryl methyl sites for hydroxylation is 1. The summed E-state index contributed by atoms with van der Waals surface area (Å²) in [4.78, 5) is 43.9. The molecule has 8 nitrogen and oxygen atoms in total. The molecule has 0 radical (unpaired) electrons. The number of esters is 1. The second kappa shape index (κ2) is 7.37. The van der Waals surface area contributed by atoms with Crippen LogP contribution in [-0.2, 0) is 29.1 Å². The summed E-state index contributed by atoms with van der Waals surface area (Å²) in [6.07, 6.45) is 0.486. The SMILES string of the molecule is CCC1C(=O)OCc2c1cc1n(c2=O)Cc2c-1nc1cc(F)c(C)c3c1c2C(N(C)C(=O)O)CC3. The molecule has 180 valence electrons. The van der Waals surface area contributed by atoms with Gasteiger partial charge in [-0.1, -0.05) is 6.92 Å². The van der Waals surface area contributed by atoms with Gasteiger partial charge in [0.15, 0.2) is 0 Å². The zero-order valence-electron chi connectivity index (χ0n) is 19.6. The van der Waals surface area contributed by atoms with Gasteiger partial charge in [-0.15, -0.1) is 0 Å². The van der Waals surface area contributed by atoms with E-state index in [1.165, 1.54) is 18.0 Å². The Labute approximate surface area is 199 Å². The second-order valence-electron chi connectivity index (χ2n) is 9.58. The molecule has 3 aromatic rings. The molecule has 6 rings (SSSR count). The van der Waals surface area contributed by atoms with E-state index in [0.29, 0.717) is 52.9 Å². The highest BCUT2D eigenvalue weighted by Gasteiger charge is 2.38. The summed E-state index contributed by atoms with van der Waals surface area (Å²) in [6, 6.07) is 2.79. The minimum Gasteiger partial charge on any atom is -0.465 e. The van der Waals surface area contributed by atoms with E-state index in [0.717, 1.165) is 22.1 Å². The zero-order chi connectivity index (χ0) is 24.8. The summed E-state index contributed by atoms with van der Waals surface area (Å²) >= 11 is 0. The molecule has 9 heteroatoms. The number of ether oxygens (including phenoxy) is 1. The molecule has 1 amide bonds. The van der Waals surface area contributed by atoms with Gasteiger partial charge in [0.2, 0.25) is 0 Å². The van der Waals surface area contributed by atoms with E-state index < -0.39 is 18.1 Å². The number of benzene rings is 1. The van der Waals surface area contributed by atoms with Crippen LogP contribution in [0.2, 0.25) is 0 Å². The lowest BCUT2D eigenvalue weighted by Crippen LogP contribution is -2.33. The number of aromatic nitrogens is 2. The Kier molecular flexibility index (Phi) is 4.58. The van der Waals surface area contributed by atoms with E-state index in [1.807, 2.05) is 13.0 Å². The lowest BCUT2D eigenvalue weighted by Gasteiger charge is -2.33. The van der Waals surface area contributed by atoms with Crippen molar-refractivity contribution in [3.63, 3.8) is 0 Å². The molecular weight excluding hydrogens is 453 g/mol. The Morgan fingerprint density at radius 1 is 1.29 bits per heavy atom. The van der Waals surface area contributed by atoms with E-state index in [-0.39, 0.29) is 30.5 Å². The first-order valence-corrected chi connectivity index (χ1v) is 11.8. The number of halogens is 1. The number of nitrogens with zero attached hydrogens (tertiary/aromatic N) is 3. The van der Waals surface area contributed by atoms with Gasteiger partial charge in [-0.3, -0.25) is 9.59 Å². The van der Waals surface area contributed by atoms with Crippen LogP contribution in [0.25, 0.3) is 22.3 Å². The number of amides is 1. The van der Waals surface area contributed by atoms with Crippen LogP contribution in [0, 0.1) is 12.7 Å². The Morgan fingerprint density at radius 2 is 2.06 bits per heavy atom. The Morgan fingerprint density at radius 3 is 2.77 bits per heavy atom. The maximum Gasteiger partial charge on any atom is 0.407 e. The first-order chi connectivity index (χ1) is 16.7. The molecule has 2 aromatic heterocycles. The molecule has 0 spiro atoms. The molecule has 1 aliphatic carbocycles. The number of hydrogen-bond acceptors (Lipinski definition) is 5. The topological polar surface area (TPSA) is 102 Å². The number of carbonyl (C=O) groups is 2. The van der Waals surface area contributed by atoms with Crippen molar-refractivity contribution in [1.82, 2.24) is 14.5 Å². The number of hydrogen-bond donors (Lipinski definition) is 1. The van der Waals surface area contributed by atoms with Gasteiger partial charge in [0.25, 0.3) is 5.56 Å². The van der Waals surface area contributed by atoms with Crippen LogP contribution in [-0.4, -0.2) is 38.7 Å². The van der Waals surface area contributed by atoms with E-state index in [2.05, 4.69) is 0 Å². The van der Waals surface area contributed by atoms with Crippen LogP contribution in [0.15, 0.2) is 16.9 Å². The van der Waals surface area contributed by atoms with E-state index in [4.69, 9.17) is 9.72 Å². The third-order valence-corrected chi connectivity index (χ3v) is 7.94. The molecule has 0 fully saturated rings. The fourth-order valence-electron chi connectivity index (χ4n) is 6.07. The highest BCUT2D eigenvalue weighted by atomic mass is 19.1. The van der Waals surface area contributed by atoms with Gasteiger partial charge in [-0.2, -0.15) is 0 Å². The minimum atomic E-state index is -1.06. The first kappa shape index (κ1) is 21.8. The average molecular weight is 477 g/mol. The molecule has 0 bridgehead atoms. The Hall–Kier alpha value is -3.75. The standard InChI is InChI=1S/C26H24FN3O5/c1-4-12-14-7-20-23-15(9-30(20)24(31)16(14)10-35-25(12)32)22-19(29(3)26(33)34)6-5-13-11(2)17(27)8-18(28-23)21(13)22/h7-8,12,19H,4-6,9-10H2,1-3H3,(H,33,34). The van der Waals surface area contributed by atoms with Crippen LogP contribution in [0.3, 0.4) is 0 Å². The predicted octanol–water partition coefficient (Wildman–Crippen LogP) is 4.02. The van der Waals surface area contributed by atoms with Crippen LogP contribution in [0.1, 0.15) is 65.1 Å². The number of rotatable bonds is 2. The summed E-state index contributed by atoms with van der Waals surface area (Å²) < 4.78 is 21.8.